The van der Waals surface area contributed by atoms with Crippen molar-refractivity contribution in [1.29, 1.82) is 5.26 Å². The molecule has 1 saturated carbocycles. The summed E-state index contributed by atoms with van der Waals surface area (Å²) < 4.78 is 6.70. The molecule has 4 atom stereocenters. The smallest absolute Gasteiger partial charge is 0.253 e. The van der Waals surface area contributed by atoms with E-state index in [1.54, 1.807) is 29.2 Å². The first-order chi connectivity index (χ1) is 20.9. The Bertz CT molecular complexity index is 1430. The second-order valence-corrected chi connectivity index (χ2v) is 12.4. The van der Waals surface area contributed by atoms with Crippen molar-refractivity contribution < 1.29 is 14.3 Å². The van der Waals surface area contributed by atoms with E-state index in [9.17, 15) is 14.9 Å². The number of halogens is 2. The van der Waals surface area contributed by atoms with Crippen LogP contribution in [-0.4, -0.2) is 35.4 Å². The van der Waals surface area contributed by atoms with E-state index >= 15 is 0 Å². The van der Waals surface area contributed by atoms with E-state index in [1.807, 2.05) is 55.5 Å². The fourth-order valence-corrected chi connectivity index (χ4v) is 6.58. The molecule has 0 spiro atoms. The Morgan fingerprint density at radius 3 is 2.16 bits per heavy atom. The van der Waals surface area contributed by atoms with Crippen molar-refractivity contribution in [2.45, 2.75) is 76.2 Å². The number of hydrogen-bond acceptors (Lipinski definition) is 4. The van der Waals surface area contributed by atoms with Crippen LogP contribution in [0.1, 0.15) is 79.8 Å². The fraction of sp³-hybridized carbons (Fsp3) is 0.400. The van der Waals surface area contributed by atoms with Gasteiger partial charge >= 0.3 is 0 Å². The van der Waals surface area contributed by atoms with Gasteiger partial charge in [-0.15, -0.1) is 0 Å². The SMILES string of the molecule is CCC[C@@H](C(=O)NCC1CCCC1)N1C(=O)[C@@H](Cc2ccc(C#N)cc2)O[C@H](c2ccc(Cl)cc2)[C@@H]1c1ccc(Cl)cc1. The predicted octanol–water partition coefficient (Wildman–Crippen LogP) is 7.59. The molecule has 2 amide bonds. The highest BCUT2D eigenvalue weighted by atomic mass is 35.5. The molecule has 1 aliphatic carbocycles. The fourth-order valence-electron chi connectivity index (χ4n) is 6.33. The van der Waals surface area contributed by atoms with Crippen LogP contribution in [0.3, 0.4) is 0 Å². The molecule has 8 heteroatoms. The summed E-state index contributed by atoms with van der Waals surface area (Å²) in [6, 6.07) is 22.9. The molecular weight excluding hydrogens is 581 g/mol. The molecule has 43 heavy (non-hydrogen) atoms. The minimum absolute atomic E-state index is 0.130. The number of amides is 2. The third kappa shape index (κ3) is 7.41. The Morgan fingerprint density at radius 2 is 1.58 bits per heavy atom. The first-order valence-electron chi connectivity index (χ1n) is 15.1. The van der Waals surface area contributed by atoms with Crippen LogP contribution < -0.4 is 5.32 Å². The zero-order valence-electron chi connectivity index (χ0n) is 24.3. The average molecular weight is 619 g/mol. The van der Waals surface area contributed by atoms with Crippen LogP contribution in [-0.2, 0) is 20.7 Å². The molecule has 0 radical (unpaired) electrons. The van der Waals surface area contributed by atoms with Gasteiger partial charge in [0.1, 0.15) is 18.2 Å². The third-order valence-corrected chi connectivity index (χ3v) is 9.09. The third-order valence-electron chi connectivity index (χ3n) is 8.58. The van der Waals surface area contributed by atoms with Crippen molar-refractivity contribution in [3.05, 3.63) is 105 Å². The normalized spacial score (nSPS) is 21.4. The molecule has 1 saturated heterocycles. The highest BCUT2D eigenvalue weighted by molar-refractivity contribution is 6.30. The molecule has 5 rings (SSSR count). The zero-order valence-corrected chi connectivity index (χ0v) is 25.9. The predicted molar refractivity (Wildman–Crippen MR) is 169 cm³/mol. The zero-order chi connectivity index (χ0) is 30.3. The number of ether oxygens (including phenoxy) is 1. The van der Waals surface area contributed by atoms with Gasteiger partial charge in [-0.2, -0.15) is 5.26 Å². The lowest BCUT2D eigenvalue weighted by atomic mass is 9.88. The summed E-state index contributed by atoms with van der Waals surface area (Å²) in [4.78, 5) is 30.3. The highest BCUT2D eigenvalue weighted by Crippen LogP contribution is 2.44. The molecule has 3 aromatic carbocycles. The van der Waals surface area contributed by atoms with Crippen molar-refractivity contribution >= 4 is 35.0 Å². The number of morpholine rings is 1. The number of benzene rings is 3. The Morgan fingerprint density at radius 1 is 0.977 bits per heavy atom. The van der Waals surface area contributed by atoms with Crippen LogP contribution in [0.15, 0.2) is 72.8 Å². The van der Waals surface area contributed by atoms with E-state index in [0.29, 0.717) is 40.9 Å². The lowest BCUT2D eigenvalue weighted by Gasteiger charge is -2.48. The Kier molecular flexibility index (Phi) is 10.4. The summed E-state index contributed by atoms with van der Waals surface area (Å²) in [5, 5.41) is 13.6. The topological polar surface area (TPSA) is 82.4 Å². The first kappa shape index (κ1) is 31.1. The molecule has 1 aliphatic heterocycles. The summed E-state index contributed by atoms with van der Waals surface area (Å²) in [6.07, 6.45) is 4.77. The number of carbonyl (C=O) groups is 2. The van der Waals surface area contributed by atoms with Crippen molar-refractivity contribution in [1.82, 2.24) is 10.2 Å². The maximum Gasteiger partial charge on any atom is 0.253 e. The Hall–Kier alpha value is -3.37. The van der Waals surface area contributed by atoms with Crippen LogP contribution in [0.4, 0.5) is 0 Å². The summed E-state index contributed by atoms with van der Waals surface area (Å²) in [5.74, 6) is 0.114. The standard InChI is InChI=1S/C35H37Cl2N3O3/c1-2-5-30(34(41)39-22-25-6-3-4-7-25)40-32(26-12-16-28(36)17-13-26)33(27-14-18-29(37)19-15-27)43-31(35(40)42)20-23-8-10-24(21-38)11-9-23/h8-19,25,30-33H,2-7,20,22H2,1H3,(H,39,41)/t30-,31+,32-,33+/m0/s1. The van der Waals surface area contributed by atoms with Gasteiger partial charge in [0.05, 0.1) is 17.7 Å². The number of nitriles is 1. The molecule has 2 aliphatic rings. The van der Waals surface area contributed by atoms with Crippen molar-refractivity contribution in [2.75, 3.05) is 6.54 Å². The molecule has 1 N–H and O–H groups in total. The summed E-state index contributed by atoms with van der Waals surface area (Å²) in [6.45, 7) is 2.66. The van der Waals surface area contributed by atoms with E-state index in [2.05, 4.69) is 11.4 Å². The molecule has 3 aromatic rings. The van der Waals surface area contributed by atoms with E-state index in [0.717, 1.165) is 36.0 Å². The monoisotopic (exact) mass is 617 g/mol. The lowest BCUT2D eigenvalue weighted by molar-refractivity contribution is -0.181. The first-order valence-corrected chi connectivity index (χ1v) is 15.9. The minimum Gasteiger partial charge on any atom is -0.358 e. The summed E-state index contributed by atoms with van der Waals surface area (Å²) in [7, 11) is 0. The molecule has 0 unspecified atom stereocenters. The van der Waals surface area contributed by atoms with Gasteiger partial charge in [0.2, 0.25) is 5.91 Å². The summed E-state index contributed by atoms with van der Waals surface area (Å²) in [5.41, 5.74) is 3.10. The molecule has 0 aromatic heterocycles. The maximum absolute atomic E-state index is 14.5. The number of nitrogens with zero attached hydrogens (tertiary/aromatic N) is 2. The van der Waals surface area contributed by atoms with Gasteiger partial charge in [-0.25, -0.2) is 0 Å². The van der Waals surface area contributed by atoms with Gasteiger partial charge < -0.3 is 15.0 Å². The molecule has 1 heterocycles. The van der Waals surface area contributed by atoms with Gasteiger partial charge in [-0.3, -0.25) is 9.59 Å². The molecular formula is C35H37Cl2N3O3. The second-order valence-electron chi connectivity index (χ2n) is 11.6. The van der Waals surface area contributed by atoms with Gasteiger partial charge in [0, 0.05) is 23.0 Å². The van der Waals surface area contributed by atoms with Gasteiger partial charge in [0.25, 0.3) is 5.91 Å². The maximum atomic E-state index is 14.5. The molecule has 2 fully saturated rings. The largest absolute Gasteiger partial charge is 0.358 e. The number of nitrogens with one attached hydrogen (secondary N) is 1. The van der Waals surface area contributed by atoms with Crippen LogP contribution in [0.5, 0.6) is 0 Å². The van der Waals surface area contributed by atoms with Crippen molar-refractivity contribution in [3.8, 4) is 6.07 Å². The van der Waals surface area contributed by atoms with Crippen molar-refractivity contribution in [3.63, 3.8) is 0 Å². The quantitative estimate of drug-likeness (QED) is 0.254. The van der Waals surface area contributed by atoms with Crippen LogP contribution in [0.2, 0.25) is 10.0 Å². The van der Waals surface area contributed by atoms with E-state index in [-0.39, 0.29) is 11.8 Å². The highest BCUT2D eigenvalue weighted by Gasteiger charge is 2.48. The molecule has 0 bridgehead atoms. The van der Waals surface area contributed by atoms with E-state index in [4.69, 9.17) is 27.9 Å². The van der Waals surface area contributed by atoms with Gasteiger partial charge in [-0.05, 0) is 78.3 Å². The number of rotatable bonds is 10. The van der Waals surface area contributed by atoms with Crippen LogP contribution >= 0.6 is 23.2 Å². The lowest BCUT2D eigenvalue weighted by Crippen LogP contribution is -2.59. The van der Waals surface area contributed by atoms with Gasteiger partial charge in [0.15, 0.2) is 0 Å². The average Bonchev–Trinajstić information content (AvgIpc) is 3.55. The van der Waals surface area contributed by atoms with Crippen LogP contribution in [0.25, 0.3) is 0 Å². The number of hydrogen-bond donors (Lipinski definition) is 1. The summed E-state index contributed by atoms with van der Waals surface area (Å²) >= 11 is 12.5. The minimum atomic E-state index is -0.834. The number of carbonyl (C=O) groups excluding carboxylic acids is 2. The van der Waals surface area contributed by atoms with E-state index < -0.39 is 24.3 Å². The molecule has 6 nitrogen and oxygen atoms in total. The van der Waals surface area contributed by atoms with Crippen LogP contribution in [0, 0.1) is 17.2 Å². The Labute approximate surface area is 263 Å². The Balaban J connectivity index is 1.57. The van der Waals surface area contributed by atoms with Gasteiger partial charge in [-0.1, -0.05) is 85.8 Å². The van der Waals surface area contributed by atoms with E-state index in [1.165, 1.54) is 12.8 Å². The van der Waals surface area contributed by atoms with Crippen molar-refractivity contribution in [2.24, 2.45) is 5.92 Å². The second kappa shape index (κ2) is 14.4. The molecule has 224 valence electrons.